The van der Waals surface area contributed by atoms with Gasteiger partial charge in [-0.25, -0.2) is 8.42 Å². The number of anilines is 1. The fourth-order valence-electron chi connectivity index (χ4n) is 3.08. The van der Waals surface area contributed by atoms with Crippen LogP contribution in [0.3, 0.4) is 0 Å². The molecule has 2 aromatic carbocycles. The van der Waals surface area contributed by atoms with E-state index < -0.39 is 28.5 Å². The Morgan fingerprint density at radius 1 is 1.09 bits per heavy atom. The first-order valence-electron chi connectivity index (χ1n) is 10.5. The molecule has 7 nitrogen and oxygen atoms in total. The number of hydrogen-bond donors (Lipinski definition) is 1. The van der Waals surface area contributed by atoms with Gasteiger partial charge in [0.2, 0.25) is 21.8 Å². The van der Waals surface area contributed by atoms with Crippen LogP contribution < -0.4 is 9.62 Å². The number of halogens is 2. The number of nitrogens with one attached hydrogen (secondary N) is 1. The van der Waals surface area contributed by atoms with Crippen molar-refractivity contribution in [2.75, 3.05) is 17.1 Å². The van der Waals surface area contributed by atoms with E-state index in [1.165, 1.54) is 4.90 Å². The lowest BCUT2D eigenvalue weighted by Gasteiger charge is -2.32. The van der Waals surface area contributed by atoms with Gasteiger partial charge in [-0.05, 0) is 66.0 Å². The molecule has 10 heteroatoms. The molecular weight excluding hydrogens is 530 g/mol. The normalized spacial score (nSPS) is 13.2. The molecule has 0 aliphatic heterocycles. The molecule has 0 spiro atoms. The van der Waals surface area contributed by atoms with Crippen molar-refractivity contribution in [3.63, 3.8) is 0 Å². The van der Waals surface area contributed by atoms with Crippen molar-refractivity contribution in [1.82, 2.24) is 10.2 Å². The Morgan fingerprint density at radius 2 is 1.70 bits per heavy atom. The van der Waals surface area contributed by atoms with Crippen LogP contribution in [0.15, 0.2) is 53.0 Å². The molecule has 0 saturated heterocycles. The Morgan fingerprint density at radius 3 is 2.24 bits per heavy atom. The van der Waals surface area contributed by atoms with E-state index in [1.54, 1.807) is 55.5 Å². The predicted molar refractivity (Wildman–Crippen MR) is 136 cm³/mol. The van der Waals surface area contributed by atoms with Crippen molar-refractivity contribution in [2.24, 2.45) is 0 Å². The highest BCUT2D eigenvalue weighted by Crippen LogP contribution is 2.28. The third kappa shape index (κ3) is 7.72. The molecule has 0 aliphatic rings. The lowest BCUT2D eigenvalue weighted by Crippen LogP contribution is -2.52. The number of hydrogen-bond acceptors (Lipinski definition) is 4. The van der Waals surface area contributed by atoms with Crippen LogP contribution in [0.2, 0.25) is 5.02 Å². The van der Waals surface area contributed by atoms with Crippen LogP contribution in [0.5, 0.6) is 0 Å². The number of sulfonamides is 1. The maximum atomic E-state index is 13.5. The molecule has 0 radical (unpaired) electrons. The molecule has 0 heterocycles. The summed E-state index contributed by atoms with van der Waals surface area (Å²) in [5.41, 5.74) is 1.11. The molecule has 180 valence electrons. The zero-order valence-corrected chi connectivity index (χ0v) is 22.2. The van der Waals surface area contributed by atoms with Gasteiger partial charge in [0.25, 0.3) is 0 Å². The lowest BCUT2D eigenvalue weighted by atomic mass is 10.1. The predicted octanol–water partition coefficient (Wildman–Crippen LogP) is 4.20. The van der Waals surface area contributed by atoms with Gasteiger partial charge in [-0.2, -0.15) is 0 Å². The maximum Gasteiger partial charge on any atom is 0.244 e. The summed E-state index contributed by atoms with van der Waals surface area (Å²) in [6.45, 7) is 5.14. The largest absolute Gasteiger partial charge is 0.352 e. The second-order valence-corrected chi connectivity index (χ2v) is 11.1. The average molecular weight is 559 g/mol. The van der Waals surface area contributed by atoms with Gasteiger partial charge in [-0.15, -0.1) is 0 Å². The number of benzene rings is 2. The molecule has 2 aromatic rings. The number of rotatable bonds is 10. The number of nitrogens with zero attached hydrogens (tertiary/aromatic N) is 2. The molecule has 2 amide bonds. The number of amides is 2. The SMILES string of the molecule is CC[C@H](C)NC(=O)[C@H](C)N(Cc1ccc(Cl)cc1)C(=O)CN(c1ccccc1Br)S(C)(=O)=O. The van der Waals surface area contributed by atoms with Gasteiger partial charge >= 0.3 is 0 Å². The van der Waals surface area contributed by atoms with Gasteiger partial charge in [0, 0.05) is 22.1 Å². The summed E-state index contributed by atoms with van der Waals surface area (Å²) in [6, 6.07) is 12.8. The highest BCUT2D eigenvalue weighted by molar-refractivity contribution is 9.10. The first kappa shape index (κ1) is 27.1. The molecule has 0 unspecified atom stereocenters. The highest BCUT2D eigenvalue weighted by Gasteiger charge is 2.31. The van der Waals surface area contributed by atoms with Crippen molar-refractivity contribution >= 4 is 55.1 Å². The van der Waals surface area contributed by atoms with Gasteiger partial charge in [-0.1, -0.05) is 42.8 Å². The van der Waals surface area contributed by atoms with Gasteiger partial charge < -0.3 is 10.2 Å². The zero-order valence-electron chi connectivity index (χ0n) is 19.1. The summed E-state index contributed by atoms with van der Waals surface area (Å²) in [7, 11) is -3.78. The highest BCUT2D eigenvalue weighted by atomic mass is 79.9. The molecule has 0 saturated carbocycles. The summed E-state index contributed by atoms with van der Waals surface area (Å²) < 4.78 is 26.7. The molecule has 2 rings (SSSR count). The van der Waals surface area contributed by atoms with Gasteiger partial charge in [0.15, 0.2) is 0 Å². The van der Waals surface area contributed by atoms with Crippen molar-refractivity contribution in [3.8, 4) is 0 Å². The Bertz CT molecular complexity index is 1080. The average Bonchev–Trinajstić information content (AvgIpc) is 2.76. The minimum absolute atomic E-state index is 0.0553. The minimum atomic E-state index is -3.78. The molecular formula is C23H29BrClN3O4S. The summed E-state index contributed by atoms with van der Waals surface area (Å²) in [5, 5.41) is 3.44. The van der Waals surface area contributed by atoms with Crippen molar-refractivity contribution in [1.29, 1.82) is 0 Å². The first-order chi connectivity index (χ1) is 15.4. The Labute approximate surface area is 209 Å². The van der Waals surface area contributed by atoms with Crippen molar-refractivity contribution < 1.29 is 18.0 Å². The Hall–Kier alpha value is -2.10. The van der Waals surface area contributed by atoms with Crippen LogP contribution in [0, 0.1) is 0 Å². The molecule has 0 bridgehead atoms. The van der Waals surface area contributed by atoms with Crippen LogP contribution in [-0.2, 0) is 26.2 Å². The van der Waals surface area contributed by atoms with Gasteiger partial charge in [-0.3, -0.25) is 13.9 Å². The van der Waals surface area contributed by atoms with Crippen LogP contribution in [0.4, 0.5) is 5.69 Å². The van der Waals surface area contributed by atoms with E-state index >= 15 is 0 Å². The number of carbonyl (C=O) groups excluding carboxylic acids is 2. The standard InChI is InChI=1S/C23H29BrClN3O4S/c1-5-16(2)26-23(30)17(3)27(14-18-10-12-19(25)13-11-18)22(29)15-28(33(4,31)32)21-9-7-6-8-20(21)24/h6-13,16-17H,5,14-15H2,1-4H3,(H,26,30)/t16-,17-/m0/s1. The van der Waals surface area contributed by atoms with E-state index in [2.05, 4.69) is 21.2 Å². The van der Waals surface area contributed by atoms with Gasteiger partial charge in [0.05, 0.1) is 11.9 Å². The molecule has 2 atom stereocenters. The fourth-order valence-corrected chi connectivity index (χ4v) is 4.69. The monoisotopic (exact) mass is 557 g/mol. The van der Waals surface area contributed by atoms with Crippen LogP contribution >= 0.6 is 27.5 Å². The van der Waals surface area contributed by atoms with Crippen molar-refractivity contribution in [2.45, 2.75) is 45.8 Å². The van der Waals surface area contributed by atoms with E-state index in [1.807, 2.05) is 13.8 Å². The van der Waals surface area contributed by atoms with Crippen LogP contribution in [0.1, 0.15) is 32.8 Å². The fraction of sp³-hybridized carbons (Fsp3) is 0.391. The molecule has 1 N–H and O–H groups in total. The van der Waals surface area contributed by atoms with E-state index in [-0.39, 0.29) is 18.5 Å². The van der Waals surface area contributed by atoms with E-state index in [0.717, 1.165) is 22.5 Å². The molecule has 0 fully saturated rings. The smallest absolute Gasteiger partial charge is 0.244 e. The summed E-state index contributed by atoms with van der Waals surface area (Å²) >= 11 is 9.33. The second kappa shape index (κ2) is 11.9. The first-order valence-corrected chi connectivity index (χ1v) is 13.5. The number of para-hydroxylation sites is 1. The third-order valence-electron chi connectivity index (χ3n) is 5.23. The Kier molecular flexibility index (Phi) is 9.75. The summed E-state index contributed by atoms with van der Waals surface area (Å²) in [6.07, 6.45) is 1.79. The van der Waals surface area contributed by atoms with Crippen LogP contribution in [0.25, 0.3) is 0 Å². The van der Waals surface area contributed by atoms with Crippen LogP contribution in [-0.4, -0.2) is 50.0 Å². The van der Waals surface area contributed by atoms with E-state index in [4.69, 9.17) is 11.6 Å². The van der Waals surface area contributed by atoms with E-state index in [9.17, 15) is 18.0 Å². The molecule has 33 heavy (non-hydrogen) atoms. The molecule has 0 aromatic heterocycles. The summed E-state index contributed by atoms with van der Waals surface area (Å²) in [4.78, 5) is 27.7. The van der Waals surface area contributed by atoms with E-state index in [0.29, 0.717) is 15.2 Å². The lowest BCUT2D eigenvalue weighted by molar-refractivity contribution is -0.139. The zero-order chi connectivity index (χ0) is 24.8. The van der Waals surface area contributed by atoms with Gasteiger partial charge in [0.1, 0.15) is 12.6 Å². The second-order valence-electron chi connectivity index (χ2n) is 7.86. The third-order valence-corrected chi connectivity index (χ3v) is 7.28. The minimum Gasteiger partial charge on any atom is -0.352 e. The van der Waals surface area contributed by atoms with Crippen molar-refractivity contribution in [3.05, 3.63) is 63.6 Å². The molecule has 0 aliphatic carbocycles. The maximum absolute atomic E-state index is 13.5. The quantitative estimate of drug-likeness (QED) is 0.474. The Balaban J connectivity index is 2.39. The number of carbonyl (C=O) groups is 2. The topological polar surface area (TPSA) is 86.8 Å². The summed E-state index contributed by atoms with van der Waals surface area (Å²) in [5.74, 6) is -0.809.